The van der Waals surface area contributed by atoms with Gasteiger partial charge in [-0.3, -0.25) is 4.79 Å². The van der Waals surface area contributed by atoms with Crippen LogP contribution in [0.25, 0.3) is 0 Å². The molecule has 19 heavy (non-hydrogen) atoms. The molecule has 0 aliphatic carbocycles. The predicted octanol–water partition coefficient (Wildman–Crippen LogP) is 4.93. The zero-order valence-corrected chi connectivity index (χ0v) is 12.4. The lowest BCUT2D eigenvalue weighted by Crippen LogP contribution is -1.99. The van der Waals surface area contributed by atoms with E-state index >= 15 is 0 Å². The Labute approximate surface area is 125 Å². The highest BCUT2D eigenvalue weighted by atomic mass is 35.5. The average Bonchev–Trinajstić information content (AvgIpc) is 2.36. The number of rotatable bonds is 3. The van der Waals surface area contributed by atoms with E-state index in [-0.39, 0.29) is 5.78 Å². The van der Waals surface area contributed by atoms with Crippen LogP contribution < -0.4 is 5.73 Å². The summed E-state index contributed by atoms with van der Waals surface area (Å²) in [7, 11) is 0. The molecule has 0 saturated heterocycles. The van der Waals surface area contributed by atoms with Crippen molar-refractivity contribution in [3.63, 3.8) is 0 Å². The highest BCUT2D eigenvalue weighted by Crippen LogP contribution is 2.33. The maximum Gasteiger partial charge on any atom is 0.161 e. The van der Waals surface area contributed by atoms with Crippen molar-refractivity contribution in [2.45, 2.75) is 16.7 Å². The average molecular weight is 312 g/mol. The summed E-state index contributed by atoms with van der Waals surface area (Å²) in [6.07, 6.45) is 0. The van der Waals surface area contributed by atoms with Crippen LogP contribution in [-0.4, -0.2) is 5.78 Å². The first kappa shape index (κ1) is 14.3. The minimum Gasteiger partial charge on any atom is -0.398 e. The largest absolute Gasteiger partial charge is 0.398 e. The van der Waals surface area contributed by atoms with Crippen LogP contribution in [0.2, 0.25) is 10.0 Å². The summed E-state index contributed by atoms with van der Waals surface area (Å²) in [5.74, 6) is -0.0471. The Morgan fingerprint density at radius 3 is 2.32 bits per heavy atom. The number of Topliss-reactive ketones (excluding diaryl/α,β-unsaturated/α-hetero) is 1. The molecule has 2 aromatic carbocycles. The van der Waals surface area contributed by atoms with Gasteiger partial charge < -0.3 is 5.73 Å². The molecule has 0 aliphatic heterocycles. The number of hydrogen-bond acceptors (Lipinski definition) is 3. The normalized spacial score (nSPS) is 10.5. The van der Waals surface area contributed by atoms with Crippen LogP contribution in [0.4, 0.5) is 5.69 Å². The van der Waals surface area contributed by atoms with Crippen molar-refractivity contribution < 1.29 is 4.79 Å². The second-order valence-electron chi connectivity index (χ2n) is 3.98. The zero-order chi connectivity index (χ0) is 14.0. The molecule has 5 heteroatoms. The first-order valence-electron chi connectivity index (χ1n) is 5.51. The van der Waals surface area contributed by atoms with E-state index < -0.39 is 0 Å². The van der Waals surface area contributed by atoms with Gasteiger partial charge in [0, 0.05) is 21.0 Å². The second kappa shape index (κ2) is 5.87. The molecule has 2 N–H and O–H groups in total. The Kier molecular flexibility index (Phi) is 4.40. The Morgan fingerprint density at radius 1 is 1.05 bits per heavy atom. The third-order valence-corrected chi connectivity index (χ3v) is 4.25. The summed E-state index contributed by atoms with van der Waals surface area (Å²) >= 11 is 13.3. The summed E-state index contributed by atoms with van der Waals surface area (Å²) in [6.45, 7) is 1.50. The van der Waals surface area contributed by atoms with Crippen LogP contribution >= 0.6 is 35.0 Å². The van der Waals surface area contributed by atoms with Gasteiger partial charge in [0.25, 0.3) is 0 Å². The predicted molar refractivity (Wildman–Crippen MR) is 81.4 cm³/mol. The molecule has 2 nitrogen and oxygen atoms in total. The third-order valence-electron chi connectivity index (χ3n) is 2.53. The fourth-order valence-electron chi connectivity index (χ4n) is 1.58. The van der Waals surface area contributed by atoms with E-state index in [4.69, 9.17) is 28.9 Å². The van der Waals surface area contributed by atoms with Crippen LogP contribution in [0.5, 0.6) is 0 Å². The lowest BCUT2D eigenvalue weighted by Gasteiger charge is -2.07. The van der Waals surface area contributed by atoms with Gasteiger partial charge in [0.1, 0.15) is 0 Å². The molecule has 0 amide bonds. The van der Waals surface area contributed by atoms with Crippen molar-refractivity contribution in [1.82, 2.24) is 0 Å². The number of anilines is 1. The summed E-state index contributed by atoms with van der Waals surface area (Å²) in [5, 5.41) is 1.03. The fraction of sp³-hybridized carbons (Fsp3) is 0.0714. The number of carbonyl (C=O) groups excluding carboxylic acids is 1. The monoisotopic (exact) mass is 311 g/mol. The van der Waals surface area contributed by atoms with Gasteiger partial charge in [-0.25, -0.2) is 0 Å². The minimum atomic E-state index is -0.0471. The molecule has 0 spiro atoms. The Morgan fingerprint density at radius 2 is 1.68 bits per heavy atom. The van der Waals surface area contributed by atoms with E-state index in [2.05, 4.69) is 0 Å². The van der Waals surface area contributed by atoms with Gasteiger partial charge >= 0.3 is 0 Å². The SMILES string of the molecule is CC(=O)c1cc(Sc2ccc(Cl)c(Cl)c2)ccc1N. The fourth-order valence-corrected chi connectivity index (χ4v) is 2.84. The van der Waals surface area contributed by atoms with Crippen LogP contribution in [-0.2, 0) is 0 Å². The van der Waals surface area contributed by atoms with Crippen molar-refractivity contribution in [3.8, 4) is 0 Å². The molecule has 0 unspecified atom stereocenters. The summed E-state index contributed by atoms with van der Waals surface area (Å²) in [5.41, 5.74) is 6.78. The van der Waals surface area contributed by atoms with Crippen LogP contribution in [0.1, 0.15) is 17.3 Å². The van der Waals surface area contributed by atoms with Gasteiger partial charge in [-0.05, 0) is 43.3 Å². The van der Waals surface area contributed by atoms with Gasteiger partial charge in [0.2, 0.25) is 0 Å². The lowest BCUT2D eigenvalue weighted by molar-refractivity contribution is 0.101. The number of hydrogen-bond donors (Lipinski definition) is 1. The van der Waals surface area contributed by atoms with Gasteiger partial charge in [-0.1, -0.05) is 35.0 Å². The molecule has 2 rings (SSSR count). The molecule has 0 heterocycles. The maximum absolute atomic E-state index is 11.4. The van der Waals surface area contributed by atoms with E-state index in [1.54, 1.807) is 24.3 Å². The van der Waals surface area contributed by atoms with Gasteiger partial charge in [-0.15, -0.1) is 0 Å². The molecule has 2 aromatic rings. The lowest BCUT2D eigenvalue weighted by atomic mass is 10.1. The summed E-state index contributed by atoms with van der Waals surface area (Å²) in [6, 6.07) is 10.8. The summed E-state index contributed by atoms with van der Waals surface area (Å²) < 4.78 is 0. The number of benzene rings is 2. The van der Waals surface area contributed by atoms with E-state index in [9.17, 15) is 4.79 Å². The van der Waals surface area contributed by atoms with Crippen molar-refractivity contribution in [2.75, 3.05) is 5.73 Å². The highest BCUT2D eigenvalue weighted by Gasteiger charge is 2.07. The van der Waals surface area contributed by atoms with Gasteiger partial charge in [-0.2, -0.15) is 0 Å². The first-order chi connectivity index (χ1) is 8.97. The van der Waals surface area contributed by atoms with E-state index in [1.165, 1.54) is 18.7 Å². The number of halogens is 2. The maximum atomic E-state index is 11.4. The van der Waals surface area contributed by atoms with Crippen LogP contribution in [0, 0.1) is 0 Å². The number of carbonyl (C=O) groups is 1. The molecule has 0 aromatic heterocycles. The molecule has 0 bridgehead atoms. The van der Waals surface area contributed by atoms with E-state index in [0.29, 0.717) is 21.3 Å². The number of ketones is 1. The van der Waals surface area contributed by atoms with E-state index in [0.717, 1.165) is 9.79 Å². The molecule has 0 fully saturated rings. The Balaban J connectivity index is 2.30. The van der Waals surface area contributed by atoms with Crippen molar-refractivity contribution in [1.29, 1.82) is 0 Å². The topological polar surface area (TPSA) is 43.1 Å². The molecule has 0 aliphatic rings. The van der Waals surface area contributed by atoms with Crippen LogP contribution in [0.3, 0.4) is 0 Å². The molecular formula is C14H11Cl2NOS. The molecule has 98 valence electrons. The van der Waals surface area contributed by atoms with Gasteiger partial charge in [0.15, 0.2) is 5.78 Å². The van der Waals surface area contributed by atoms with Crippen molar-refractivity contribution in [2.24, 2.45) is 0 Å². The number of nitrogens with two attached hydrogens (primary N) is 1. The number of nitrogen functional groups attached to an aromatic ring is 1. The molecular weight excluding hydrogens is 301 g/mol. The molecule has 0 atom stereocenters. The summed E-state index contributed by atoms with van der Waals surface area (Å²) in [4.78, 5) is 13.3. The minimum absolute atomic E-state index is 0.0471. The third kappa shape index (κ3) is 3.44. The van der Waals surface area contributed by atoms with Crippen LogP contribution in [0.15, 0.2) is 46.2 Å². The van der Waals surface area contributed by atoms with E-state index in [1.807, 2.05) is 12.1 Å². The smallest absolute Gasteiger partial charge is 0.161 e. The van der Waals surface area contributed by atoms with Crippen molar-refractivity contribution >= 4 is 46.4 Å². The first-order valence-corrected chi connectivity index (χ1v) is 7.08. The molecule has 0 radical (unpaired) electrons. The highest BCUT2D eigenvalue weighted by molar-refractivity contribution is 7.99. The Bertz CT molecular complexity index is 643. The quantitative estimate of drug-likeness (QED) is 0.645. The van der Waals surface area contributed by atoms with Gasteiger partial charge in [0.05, 0.1) is 10.0 Å². The molecule has 0 saturated carbocycles. The second-order valence-corrected chi connectivity index (χ2v) is 5.94. The Hall–Kier alpha value is -1.16. The standard InChI is InChI=1S/C14H11Cl2NOS/c1-8(18)11-6-9(3-5-14(11)17)19-10-2-4-12(15)13(16)7-10/h2-7H,17H2,1H3. The van der Waals surface area contributed by atoms with Crippen molar-refractivity contribution in [3.05, 3.63) is 52.0 Å². The zero-order valence-electron chi connectivity index (χ0n) is 10.1.